The molecule has 6 rings (SSSR count). The molecule has 0 bridgehead atoms. The van der Waals surface area contributed by atoms with Gasteiger partial charge in [0.1, 0.15) is 17.1 Å². The van der Waals surface area contributed by atoms with Gasteiger partial charge in [-0.1, -0.05) is 47.5 Å². The summed E-state index contributed by atoms with van der Waals surface area (Å²) in [5.41, 5.74) is -0.450. The third-order valence-electron chi connectivity index (χ3n) is 12.9. The molecule has 0 saturated carbocycles. The molecule has 0 unspecified atom stereocenters. The van der Waals surface area contributed by atoms with E-state index in [1.807, 2.05) is 45.9 Å². The number of fused-ring (bicyclic) bond motifs is 4. The monoisotopic (exact) mass is 844 g/mol. The van der Waals surface area contributed by atoms with Crippen LogP contribution in [0.3, 0.4) is 0 Å². The van der Waals surface area contributed by atoms with Crippen molar-refractivity contribution in [1.29, 1.82) is 0 Å². The van der Waals surface area contributed by atoms with Gasteiger partial charge in [0.2, 0.25) is 15.8 Å². The van der Waals surface area contributed by atoms with Crippen LogP contribution >= 0.6 is 0 Å². The van der Waals surface area contributed by atoms with Crippen LogP contribution in [0.2, 0.25) is 18.1 Å². The normalized spacial score (nSPS) is 23.7. The van der Waals surface area contributed by atoms with Crippen LogP contribution in [-0.2, 0) is 20.9 Å². The SMILES string of the molecule is CCCCOc1noc2c1C(=O)[C@@]1(O[Si](C)(C)C(C)(C)C)C(O)=C3C(=O)c4c(c(OC)cc(NCCS(=O)(=O)N5CCCC5)c4OCCCC)C[C@H]3C[C@H]1[C@@H]2N(C)C. The van der Waals surface area contributed by atoms with E-state index in [0.717, 1.165) is 32.1 Å². The van der Waals surface area contributed by atoms with E-state index in [-0.39, 0.29) is 45.7 Å². The number of hydrogen-bond acceptors (Lipinski definition) is 13. The number of benzene rings is 1. The van der Waals surface area contributed by atoms with E-state index in [9.17, 15) is 13.5 Å². The van der Waals surface area contributed by atoms with Crippen LogP contribution in [0, 0.1) is 11.8 Å². The average Bonchev–Trinajstić information content (AvgIpc) is 3.85. The summed E-state index contributed by atoms with van der Waals surface area (Å²) in [6.45, 7) is 16.1. The van der Waals surface area contributed by atoms with Crippen molar-refractivity contribution >= 4 is 35.6 Å². The van der Waals surface area contributed by atoms with Crippen LogP contribution < -0.4 is 19.5 Å². The van der Waals surface area contributed by atoms with Gasteiger partial charge in [-0.3, -0.25) is 14.5 Å². The van der Waals surface area contributed by atoms with Gasteiger partial charge in [0.05, 0.1) is 43.4 Å². The third kappa shape index (κ3) is 7.72. The number of unbranched alkanes of at least 4 members (excludes halogenated alkanes) is 2. The first kappa shape index (κ1) is 44.1. The Morgan fingerprint density at radius 1 is 1.07 bits per heavy atom. The van der Waals surface area contributed by atoms with Gasteiger partial charge in [-0.15, -0.1) is 0 Å². The lowest BCUT2D eigenvalue weighted by atomic mass is 9.58. The maximum Gasteiger partial charge on any atom is 0.265 e. The lowest BCUT2D eigenvalue weighted by Gasteiger charge is -2.55. The van der Waals surface area contributed by atoms with Crippen LogP contribution in [-0.4, -0.2) is 113 Å². The summed E-state index contributed by atoms with van der Waals surface area (Å²) in [6, 6.07) is 1.21. The first-order valence-corrected chi connectivity index (χ1v) is 25.5. The summed E-state index contributed by atoms with van der Waals surface area (Å²) >= 11 is 0. The summed E-state index contributed by atoms with van der Waals surface area (Å²) in [7, 11) is -1.06. The number of anilines is 1. The third-order valence-corrected chi connectivity index (χ3v) is 19.2. The summed E-state index contributed by atoms with van der Waals surface area (Å²) in [4.78, 5) is 32.8. The first-order chi connectivity index (χ1) is 27.4. The van der Waals surface area contributed by atoms with Gasteiger partial charge in [-0.25, -0.2) is 12.7 Å². The zero-order chi connectivity index (χ0) is 42.4. The Kier molecular flexibility index (Phi) is 12.9. The molecule has 0 radical (unpaired) electrons. The number of hydrogen-bond donors (Lipinski definition) is 2. The smallest absolute Gasteiger partial charge is 0.265 e. The highest BCUT2D eigenvalue weighted by Gasteiger charge is 2.67. The fourth-order valence-corrected chi connectivity index (χ4v) is 11.6. The lowest BCUT2D eigenvalue weighted by molar-refractivity contribution is -0.0480. The number of ketones is 2. The van der Waals surface area contributed by atoms with E-state index < -0.39 is 59.1 Å². The van der Waals surface area contributed by atoms with Crippen molar-refractivity contribution in [3.05, 3.63) is 39.8 Å². The predicted molar refractivity (Wildman–Crippen MR) is 224 cm³/mol. The van der Waals surface area contributed by atoms with Crippen molar-refractivity contribution in [2.75, 3.05) is 65.1 Å². The molecule has 16 heteroatoms. The molecular weight excluding hydrogens is 781 g/mol. The molecule has 1 fully saturated rings. The topological polar surface area (TPSA) is 170 Å². The average molecular weight is 845 g/mol. The standard InChI is InChI=1S/C42H64N4O10SSi/c1-11-13-20-53-36-29(43-17-22-57(50,51)46-18-15-16-19-46)25-30(52-8)27-23-26-24-28-34(45(6)7)37-33(40(44-55-37)54-21-14-12-2)39(49)42(28,56-58(9,10)41(3,4)5)38(48)31(26)35(47)32(27)36/h25-26,28,34,43,48H,11-24H2,1-10H3/t26-,28-,34-,42-/m0/s1. The van der Waals surface area contributed by atoms with Gasteiger partial charge in [-0.2, -0.15) is 0 Å². The number of rotatable bonds is 17. The molecule has 4 atom stereocenters. The highest BCUT2D eigenvalue weighted by molar-refractivity contribution is 7.89. The molecule has 2 N–H and O–H groups in total. The van der Waals surface area contributed by atoms with Crippen molar-refractivity contribution in [2.45, 2.75) is 116 Å². The maximum atomic E-state index is 15.5. The van der Waals surface area contributed by atoms with Gasteiger partial charge in [0.25, 0.3) is 5.88 Å². The molecular formula is C42H64N4O10SSi. The quantitative estimate of drug-likeness (QED) is 0.120. The predicted octanol–water partition coefficient (Wildman–Crippen LogP) is 7.33. The molecule has 0 amide bonds. The van der Waals surface area contributed by atoms with Crippen molar-refractivity contribution < 1.29 is 46.3 Å². The fraction of sp³-hybridized carbons (Fsp3) is 0.690. The molecule has 4 aliphatic rings. The zero-order valence-electron chi connectivity index (χ0n) is 36.1. The van der Waals surface area contributed by atoms with Gasteiger partial charge >= 0.3 is 0 Å². The minimum absolute atomic E-state index is 0.0519. The molecule has 58 heavy (non-hydrogen) atoms. The van der Waals surface area contributed by atoms with E-state index in [1.54, 1.807) is 6.07 Å². The van der Waals surface area contributed by atoms with Crippen molar-refractivity contribution in [3.8, 4) is 17.4 Å². The number of methoxy groups -OCH3 is 1. The molecule has 1 aromatic carbocycles. The number of allylic oxidation sites excluding steroid dienone is 1. The number of aliphatic hydroxyl groups is 1. The molecule has 14 nitrogen and oxygen atoms in total. The molecule has 2 heterocycles. The molecule has 1 saturated heterocycles. The summed E-state index contributed by atoms with van der Waals surface area (Å²) in [6.07, 6.45) is 5.47. The largest absolute Gasteiger partial charge is 0.508 e. The van der Waals surface area contributed by atoms with Gasteiger partial charge in [-0.05, 0) is 81.8 Å². The van der Waals surface area contributed by atoms with Crippen molar-refractivity contribution in [3.63, 3.8) is 0 Å². The zero-order valence-corrected chi connectivity index (χ0v) is 37.9. The highest BCUT2D eigenvalue weighted by atomic mass is 32.2. The van der Waals surface area contributed by atoms with E-state index in [4.69, 9.17) is 23.2 Å². The Labute approximate surface area is 345 Å². The molecule has 3 aliphatic carbocycles. The number of nitrogens with one attached hydrogen (secondary N) is 1. The summed E-state index contributed by atoms with van der Waals surface area (Å²) in [5, 5.41) is 20.2. The van der Waals surface area contributed by atoms with E-state index in [0.29, 0.717) is 68.3 Å². The van der Waals surface area contributed by atoms with Gasteiger partial charge in [0, 0.05) is 42.8 Å². The molecule has 0 spiro atoms. The molecule has 2 aromatic rings. The van der Waals surface area contributed by atoms with Crippen LogP contribution in [0.5, 0.6) is 17.4 Å². The molecule has 1 aromatic heterocycles. The number of nitrogens with zero attached hydrogens (tertiary/aromatic N) is 3. The summed E-state index contributed by atoms with van der Waals surface area (Å²) < 4.78 is 59.5. The fourth-order valence-electron chi connectivity index (χ4n) is 8.76. The number of carbonyl (C=O) groups is 2. The maximum absolute atomic E-state index is 15.5. The Balaban J connectivity index is 1.53. The number of sulfonamides is 1. The van der Waals surface area contributed by atoms with E-state index in [1.165, 1.54) is 11.4 Å². The number of aliphatic hydroxyl groups excluding tert-OH is 1. The van der Waals surface area contributed by atoms with Gasteiger partial charge in [0.15, 0.2) is 31.2 Å². The van der Waals surface area contributed by atoms with Gasteiger partial charge < -0.3 is 33.6 Å². The van der Waals surface area contributed by atoms with Crippen molar-refractivity contribution in [1.82, 2.24) is 14.4 Å². The second-order valence-corrected chi connectivity index (χ2v) is 24.8. The Morgan fingerprint density at radius 3 is 2.33 bits per heavy atom. The minimum atomic E-state index is -3.49. The summed E-state index contributed by atoms with van der Waals surface area (Å²) in [5.74, 6) is -1.61. The number of Topliss-reactive ketones (excluding diaryl/α,β-unsaturated/α-hetero) is 2. The van der Waals surface area contributed by atoms with Crippen LogP contribution in [0.15, 0.2) is 21.9 Å². The minimum Gasteiger partial charge on any atom is -0.508 e. The number of carbonyl (C=O) groups excluding carboxylic acids is 2. The second kappa shape index (κ2) is 16.9. The van der Waals surface area contributed by atoms with E-state index >= 15 is 9.59 Å². The second-order valence-electron chi connectivity index (χ2n) is 18.0. The molecule has 1 aliphatic heterocycles. The Morgan fingerprint density at radius 2 is 1.72 bits per heavy atom. The lowest BCUT2D eigenvalue weighted by Crippen LogP contribution is -2.65. The van der Waals surface area contributed by atoms with E-state index in [2.05, 4.69) is 31.2 Å². The first-order valence-electron chi connectivity index (χ1n) is 21.0. The number of ether oxygens (including phenoxy) is 3. The van der Waals surface area contributed by atoms with Crippen molar-refractivity contribution in [2.24, 2.45) is 11.8 Å². The van der Waals surface area contributed by atoms with Crippen LogP contribution in [0.25, 0.3) is 0 Å². The van der Waals surface area contributed by atoms with Crippen LogP contribution in [0.4, 0.5) is 5.69 Å². The molecule has 322 valence electrons. The highest BCUT2D eigenvalue weighted by Crippen LogP contribution is 2.60. The Hall–Kier alpha value is -3.44. The van der Waals surface area contributed by atoms with Crippen LogP contribution in [0.1, 0.15) is 118 Å². The Bertz CT molecular complexity index is 2020. The number of aromatic nitrogens is 1.